The molecule has 8 heteroatoms. The summed E-state index contributed by atoms with van der Waals surface area (Å²) >= 11 is 0. The number of Topliss-reactive ketones (excluding diaryl/α,β-unsaturated/α-hetero) is 1. The molecule has 0 heterocycles. The molecular formula is C6H6F3NO4. The summed E-state index contributed by atoms with van der Waals surface area (Å²) in [6.45, 7) is 0.759. The highest BCUT2D eigenvalue weighted by atomic mass is 19.4. The molecule has 0 saturated heterocycles. The number of rotatable bonds is 3. The van der Waals surface area contributed by atoms with Gasteiger partial charge in [0.25, 0.3) is 0 Å². The van der Waals surface area contributed by atoms with Crippen molar-refractivity contribution in [1.82, 2.24) is 5.32 Å². The summed E-state index contributed by atoms with van der Waals surface area (Å²) in [5.41, 5.74) is 0. The van der Waals surface area contributed by atoms with E-state index >= 15 is 0 Å². The molecule has 0 fully saturated rings. The van der Waals surface area contributed by atoms with Gasteiger partial charge in [0, 0.05) is 0 Å². The molecule has 0 saturated carbocycles. The SMILES string of the molecule is CC(=O)C(NC(=O)C(F)(F)F)C(=O)O. The number of hydrogen-bond acceptors (Lipinski definition) is 3. The first-order chi connectivity index (χ1) is 6.16. The van der Waals surface area contributed by atoms with Crippen LogP contribution in [0.5, 0.6) is 0 Å². The van der Waals surface area contributed by atoms with E-state index in [0.717, 1.165) is 12.2 Å². The number of ketones is 1. The number of carbonyl (C=O) groups is 3. The molecule has 1 unspecified atom stereocenters. The first-order valence-electron chi connectivity index (χ1n) is 3.27. The van der Waals surface area contributed by atoms with Crippen LogP contribution in [0.2, 0.25) is 0 Å². The summed E-state index contributed by atoms with van der Waals surface area (Å²) in [4.78, 5) is 30.9. The van der Waals surface area contributed by atoms with E-state index in [0.29, 0.717) is 0 Å². The molecule has 0 spiro atoms. The maximum atomic E-state index is 11.6. The van der Waals surface area contributed by atoms with Gasteiger partial charge in [-0.2, -0.15) is 13.2 Å². The van der Waals surface area contributed by atoms with Crippen molar-refractivity contribution in [2.75, 3.05) is 0 Å². The second-order valence-corrected chi connectivity index (χ2v) is 2.35. The fourth-order valence-corrected chi connectivity index (χ4v) is 0.550. The minimum atomic E-state index is -5.21. The third-order valence-corrected chi connectivity index (χ3v) is 1.19. The van der Waals surface area contributed by atoms with Gasteiger partial charge in [0.2, 0.25) is 0 Å². The van der Waals surface area contributed by atoms with Crippen LogP contribution < -0.4 is 5.32 Å². The van der Waals surface area contributed by atoms with E-state index in [1.165, 1.54) is 0 Å². The topological polar surface area (TPSA) is 83.5 Å². The molecule has 0 aliphatic carbocycles. The summed E-state index contributed by atoms with van der Waals surface area (Å²) in [6.07, 6.45) is -5.21. The van der Waals surface area contributed by atoms with Crippen LogP contribution in [-0.2, 0) is 14.4 Å². The Hall–Kier alpha value is -1.60. The lowest BCUT2D eigenvalue weighted by Crippen LogP contribution is -2.50. The third-order valence-electron chi connectivity index (χ3n) is 1.19. The normalized spacial score (nSPS) is 13.1. The van der Waals surface area contributed by atoms with Crippen molar-refractivity contribution in [3.63, 3.8) is 0 Å². The molecule has 0 aromatic heterocycles. The fourth-order valence-electron chi connectivity index (χ4n) is 0.550. The first-order valence-corrected chi connectivity index (χ1v) is 3.27. The predicted molar refractivity (Wildman–Crippen MR) is 36.3 cm³/mol. The average Bonchev–Trinajstić information content (AvgIpc) is 1.96. The van der Waals surface area contributed by atoms with Crippen LogP contribution in [0, 0.1) is 0 Å². The second-order valence-electron chi connectivity index (χ2n) is 2.35. The molecule has 80 valence electrons. The van der Waals surface area contributed by atoms with Gasteiger partial charge in [-0.15, -0.1) is 0 Å². The first kappa shape index (κ1) is 12.4. The molecule has 5 nitrogen and oxygen atoms in total. The second kappa shape index (κ2) is 4.07. The van der Waals surface area contributed by atoms with Gasteiger partial charge < -0.3 is 10.4 Å². The highest BCUT2D eigenvalue weighted by Gasteiger charge is 2.41. The van der Waals surface area contributed by atoms with Gasteiger partial charge in [0.05, 0.1) is 0 Å². The van der Waals surface area contributed by atoms with Crippen LogP contribution in [0.15, 0.2) is 0 Å². The van der Waals surface area contributed by atoms with Gasteiger partial charge in [0.15, 0.2) is 11.8 Å². The number of carbonyl (C=O) groups excluding carboxylic acids is 2. The maximum absolute atomic E-state index is 11.6. The van der Waals surface area contributed by atoms with Crippen molar-refractivity contribution in [3.05, 3.63) is 0 Å². The van der Waals surface area contributed by atoms with Crippen molar-refractivity contribution in [2.24, 2.45) is 0 Å². The summed E-state index contributed by atoms with van der Waals surface area (Å²) in [5, 5.41) is 9.30. The quantitative estimate of drug-likeness (QED) is 0.631. The van der Waals surface area contributed by atoms with Gasteiger partial charge in [-0.25, -0.2) is 4.79 Å². The Morgan fingerprint density at radius 2 is 1.71 bits per heavy atom. The molecule has 1 atom stereocenters. The van der Waals surface area contributed by atoms with Gasteiger partial charge in [-0.05, 0) is 6.92 Å². The zero-order valence-corrected chi connectivity index (χ0v) is 6.88. The number of halogens is 3. The average molecular weight is 213 g/mol. The number of carboxylic acid groups (broad SMARTS) is 1. The number of nitrogens with one attached hydrogen (secondary N) is 1. The Balaban J connectivity index is 4.56. The molecule has 0 aliphatic rings. The molecule has 0 aliphatic heterocycles. The monoisotopic (exact) mass is 213 g/mol. The Morgan fingerprint density at radius 3 is 1.93 bits per heavy atom. The van der Waals surface area contributed by atoms with Gasteiger partial charge >= 0.3 is 18.1 Å². The fraction of sp³-hybridized carbons (Fsp3) is 0.500. The summed E-state index contributed by atoms with van der Waals surface area (Å²) in [5.74, 6) is -5.38. The number of carboxylic acids is 1. The molecule has 0 aromatic rings. The summed E-state index contributed by atoms with van der Waals surface area (Å²) in [6, 6.07) is -2.16. The maximum Gasteiger partial charge on any atom is 0.471 e. The van der Waals surface area contributed by atoms with Crippen LogP contribution in [-0.4, -0.2) is 35.0 Å². The van der Waals surface area contributed by atoms with Crippen molar-refractivity contribution in [3.8, 4) is 0 Å². The number of alkyl halides is 3. The molecule has 1 amide bonds. The summed E-state index contributed by atoms with van der Waals surface area (Å²) < 4.78 is 34.9. The Bertz CT molecular complexity index is 259. The molecule has 0 aromatic carbocycles. The standard InChI is InChI=1S/C6H6F3NO4/c1-2(11)3(4(12)13)10-5(14)6(7,8)9/h3H,1H3,(H,10,14)(H,12,13). The van der Waals surface area contributed by atoms with Gasteiger partial charge in [-0.3, -0.25) is 9.59 Å². The van der Waals surface area contributed by atoms with E-state index in [1.54, 1.807) is 0 Å². The number of amides is 1. The number of hydrogen-bond donors (Lipinski definition) is 2. The van der Waals surface area contributed by atoms with Crippen LogP contribution in [0.1, 0.15) is 6.92 Å². The Morgan fingerprint density at radius 1 is 1.29 bits per heavy atom. The Labute approximate surface area is 75.9 Å². The van der Waals surface area contributed by atoms with Crippen molar-refractivity contribution < 1.29 is 32.7 Å². The molecule has 0 radical (unpaired) electrons. The molecule has 2 N–H and O–H groups in total. The molecular weight excluding hydrogens is 207 g/mol. The minimum absolute atomic E-state index is 0.759. The van der Waals surface area contributed by atoms with Gasteiger partial charge in [-0.1, -0.05) is 0 Å². The van der Waals surface area contributed by atoms with Gasteiger partial charge in [0.1, 0.15) is 0 Å². The lowest BCUT2D eigenvalue weighted by Gasteiger charge is -2.12. The number of aliphatic carboxylic acids is 1. The van der Waals surface area contributed by atoms with Crippen LogP contribution in [0.4, 0.5) is 13.2 Å². The zero-order chi connectivity index (χ0) is 11.5. The van der Waals surface area contributed by atoms with E-state index in [9.17, 15) is 27.6 Å². The van der Waals surface area contributed by atoms with E-state index < -0.39 is 29.9 Å². The van der Waals surface area contributed by atoms with E-state index in [1.807, 2.05) is 0 Å². The smallest absolute Gasteiger partial charge is 0.471 e. The lowest BCUT2D eigenvalue weighted by molar-refractivity contribution is -0.175. The van der Waals surface area contributed by atoms with Crippen molar-refractivity contribution >= 4 is 17.7 Å². The van der Waals surface area contributed by atoms with Crippen molar-refractivity contribution in [1.29, 1.82) is 0 Å². The molecule has 14 heavy (non-hydrogen) atoms. The van der Waals surface area contributed by atoms with Crippen LogP contribution in [0.3, 0.4) is 0 Å². The Kier molecular flexibility index (Phi) is 3.61. The zero-order valence-electron chi connectivity index (χ0n) is 6.88. The minimum Gasteiger partial charge on any atom is -0.479 e. The van der Waals surface area contributed by atoms with E-state index in [4.69, 9.17) is 5.11 Å². The molecule has 0 rings (SSSR count). The third kappa shape index (κ3) is 3.42. The summed E-state index contributed by atoms with van der Waals surface area (Å²) in [7, 11) is 0. The lowest BCUT2D eigenvalue weighted by atomic mass is 10.2. The highest BCUT2D eigenvalue weighted by Crippen LogP contribution is 2.14. The largest absolute Gasteiger partial charge is 0.479 e. The predicted octanol–water partition coefficient (Wildman–Crippen LogP) is -0.293. The van der Waals surface area contributed by atoms with Crippen molar-refractivity contribution in [2.45, 2.75) is 19.1 Å². The van der Waals surface area contributed by atoms with E-state index in [-0.39, 0.29) is 0 Å². The van der Waals surface area contributed by atoms with Crippen LogP contribution in [0.25, 0.3) is 0 Å². The highest BCUT2D eigenvalue weighted by molar-refractivity contribution is 6.04. The van der Waals surface area contributed by atoms with Crippen LogP contribution >= 0.6 is 0 Å². The van der Waals surface area contributed by atoms with E-state index in [2.05, 4.69) is 0 Å². The molecule has 0 bridgehead atoms.